The Kier molecular flexibility index (Phi) is 3.33. The lowest BCUT2D eigenvalue weighted by Crippen LogP contribution is -2.55. The fourth-order valence-electron chi connectivity index (χ4n) is 3.62. The Morgan fingerprint density at radius 2 is 1.80 bits per heavy atom. The molecule has 0 amide bonds. The third-order valence-corrected chi connectivity index (χ3v) is 4.45. The molecule has 2 unspecified atom stereocenters. The van der Waals surface area contributed by atoms with E-state index in [2.05, 4.69) is 0 Å². The summed E-state index contributed by atoms with van der Waals surface area (Å²) in [6.45, 7) is -0.320. The fraction of sp³-hybridized carbons (Fsp3) is 1.00. The summed E-state index contributed by atoms with van der Waals surface area (Å²) < 4.78 is 0. The van der Waals surface area contributed by atoms with Crippen LogP contribution < -0.4 is 0 Å². The van der Waals surface area contributed by atoms with Gasteiger partial charge in [0.05, 0.1) is 12.2 Å². The molecule has 0 radical (unpaired) electrons. The molecule has 2 rings (SSSR count). The standard InChI is InChI=1S/C12H22O3/c13-8-11(14)12(15)7-3-5-9-4-1-2-6-10(9)12/h9-11,13-15H,1-8H2/t9-,10+,11?,12?/m0/s1. The normalized spacial score (nSPS) is 43.4. The Hall–Kier alpha value is -0.120. The predicted octanol–water partition coefficient (Wildman–Crippen LogP) is 1.06. The van der Waals surface area contributed by atoms with E-state index in [1.54, 1.807) is 0 Å². The van der Waals surface area contributed by atoms with Crippen molar-refractivity contribution < 1.29 is 15.3 Å². The van der Waals surface area contributed by atoms with E-state index in [0.29, 0.717) is 12.3 Å². The van der Waals surface area contributed by atoms with Crippen LogP contribution in [-0.4, -0.2) is 33.6 Å². The highest BCUT2D eigenvalue weighted by atomic mass is 16.4. The Bertz CT molecular complexity index is 217. The first-order chi connectivity index (χ1) is 7.18. The molecule has 0 bridgehead atoms. The lowest BCUT2D eigenvalue weighted by Gasteiger charge is -2.49. The van der Waals surface area contributed by atoms with Gasteiger partial charge in [-0.25, -0.2) is 0 Å². The first kappa shape index (κ1) is 11.4. The molecule has 88 valence electrons. The summed E-state index contributed by atoms with van der Waals surface area (Å²) in [4.78, 5) is 0. The first-order valence-electron chi connectivity index (χ1n) is 6.20. The van der Waals surface area contributed by atoms with Crippen LogP contribution in [0.3, 0.4) is 0 Å². The second kappa shape index (κ2) is 4.40. The molecule has 0 saturated heterocycles. The molecule has 15 heavy (non-hydrogen) atoms. The van der Waals surface area contributed by atoms with E-state index in [1.165, 1.54) is 19.3 Å². The van der Waals surface area contributed by atoms with Crippen molar-refractivity contribution in [2.75, 3.05) is 6.61 Å². The SMILES string of the molecule is OCC(O)C1(O)CCC[C@@H]2CCCC[C@H]21. The zero-order valence-electron chi connectivity index (χ0n) is 9.23. The lowest BCUT2D eigenvalue weighted by molar-refractivity contribution is -0.168. The minimum atomic E-state index is -1.02. The molecule has 0 aliphatic heterocycles. The van der Waals surface area contributed by atoms with Crippen molar-refractivity contribution in [3.63, 3.8) is 0 Å². The van der Waals surface area contributed by atoms with E-state index in [9.17, 15) is 10.2 Å². The number of hydrogen-bond acceptors (Lipinski definition) is 3. The molecule has 3 nitrogen and oxygen atoms in total. The summed E-state index contributed by atoms with van der Waals surface area (Å²) >= 11 is 0. The van der Waals surface area contributed by atoms with E-state index >= 15 is 0 Å². The number of rotatable bonds is 2. The van der Waals surface area contributed by atoms with E-state index in [-0.39, 0.29) is 12.5 Å². The van der Waals surface area contributed by atoms with Gasteiger partial charge >= 0.3 is 0 Å². The molecule has 0 heterocycles. The third kappa shape index (κ3) is 1.93. The molecule has 2 aliphatic carbocycles. The number of aliphatic hydroxyl groups excluding tert-OH is 2. The van der Waals surface area contributed by atoms with Crippen LogP contribution >= 0.6 is 0 Å². The van der Waals surface area contributed by atoms with Crippen LogP contribution in [0.15, 0.2) is 0 Å². The number of hydrogen-bond donors (Lipinski definition) is 3. The van der Waals surface area contributed by atoms with Crippen LogP contribution in [0.1, 0.15) is 44.9 Å². The van der Waals surface area contributed by atoms with Gasteiger partial charge in [-0.2, -0.15) is 0 Å². The highest BCUT2D eigenvalue weighted by Gasteiger charge is 2.48. The van der Waals surface area contributed by atoms with Crippen molar-refractivity contribution in [2.45, 2.75) is 56.7 Å². The lowest BCUT2D eigenvalue weighted by atomic mass is 9.61. The molecule has 0 aromatic carbocycles. The quantitative estimate of drug-likeness (QED) is 0.644. The monoisotopic (exact) mass is 214 g/mol. The van der Waals surface area contributed by atoms with Gasteiger partial charge in [0.2, 0.25) is 0 Å². The molecule has 0 aromatic heterocycles. The molecule has 2 saturated carbocycles. The molecule has 0 spiro atoms. The van der Waals surface area contributed by atoms with Crippen LogP contribution in [0.25, 0.3) is 0 Å². The summed E-state index contributed by atoms with van der Waals surface area (Å²) in [5.41, 5.74) is -1.02. The number of fused-ring (bicyclic) bond motifs is 1. The maximum atomic E-state index is 10.5. The first-order valence-corrected chi connectivity index (χ1v) is 6.20. The van der Waals surface area contributed by atoms with Gasteiger partial charge in [-0.1, -0.05) is 25.7 Å². The topological polar surface area (TPSA) is 60.7 Å². The maximum Gasteiger partial charge on any atom is 0.106 e. The second-order valence-electron chi connectivity index (χ2n) is 5.23. The van der Waals surface area contributed by atoms with Crippen molar-refractivity contribution >= 4 is 0 Å². The van der Waals surface area contributed by atoms with Gasteiger partial charge in [0, 0.05) is 0 Å². The zero-order chi connectivity index (χ0) is 10.9. The summed E-state index contributed by atoms with van der Waals surface area (Å²) in [7, 11) is 0. The fourth-order valence-corrected chi connectivity index (χ4v) is 3.62. The minimum Gasteiger partial charge on any atom is -0.394 e. The smallest absolute Gasteiger partial charge is 0.106 e. The van der Waals surface area contributed by atoms with Crippen molar-refractivity contribution in [1.82, 2.24) is 0 Å². The van der Waals surface area contributed by atoms with Crippen LogP contribution in [0.5, 0.6) is 0 Å². The van der Waals surface area contributed by atoms with E-state index in [0.717, 1.165) is 19.3 Å². The molecule has 2 aliphatic rings. The van der Waals surface area contributed by atoms with Crippen molar-refractivity contribution in [3.05, 3.63) is 0 Å². The molecule has 2 fully saturated rings. The highest BCUT2D eigenvalue weighted by Crippen LogP contribution is 2.47. The largest absolute Gasteiger partial charge is 0.394 e. The second-order valence-corrected chi connectivity index (χ2v) is 5.23. The Morgan fingerprint density at radius 3 is 2.53 bits per heavy atom. The van der Waals surface area contributed by atoms with Gasteiger partial charge in [-0.3, -0.25) is 0 Å². The van der Waals surface area contributed by atoms with Crippen LogP contribution in [0.4, 0.5) is 0 Å². The van der Waals surface area contributed by atoms with Crippen LogP contribution in [0.2, 0.25) is 0 Å². The van der Waals surface area contributed by atoms with Gasteiger partial charge in [0.15, 0.2) is 0 Å². The molecule has 4 atom stereocenters. The van der Waals surface area contributed by atoms with E-state index in [4.69, 9.17) is 5.11 Å². The van der Waals surface area contributed by atoms with Gasteiger partial charge in [-0.15, -0.1) is 0 Å². The van der Waals surface area contributed by atoms with E-state index < -0.39 is 11.7 Å². The minimum absolute atomic E-state index is 0.210. The average molecular weight is 214 g/mol. The van der Waals surface area contributed by atoms with E-state index in [1.807, 2.05) is 0 Å². The van der Waals surface area contributed by atoms with Crippen LogP contribution in [-0.2, 0) is 0 Å². The summed E-state index contributed by atoms with van der Waals surface area (Å²) in [5, 5.41) is 29.3. The van der Waals surface area contributed by atoms with Crippen molar-refractivity contribution in [2.24, 2.45) is 11.8 Å². The third-order valence-electron chi connectivity index (χ3n) is 4.45. The molecular formula is C12H22O3. The van der Waals surface area contributed by atoms with Crippen LogP contribution in [0, 0.1) is 11.8 Å². The Labute approximate surface area is 91.1 Å². The predicted molar refractivity (Wildman–Crippen MR) is 57.3 cm³/mol. The Balaban J connectivity index is 2.15. The molecule has 0 aromatic rings. The average Bonchev–Trinajstić information content (AvgIpc) is 2.28. The van der Waals surface area contributed by atoms with Gasteiger partial charge in [-0.05, 0) is 31.1 Å². The van der Waals surface area contributed by atoms with Crippen molar-refractivity contribution in [3.8, 4) is 0 Å². The van der Waals surface area contributed by atoms with Gasteiger partial charge in [0.1, 0.15) is 6.10 Å². The highest BCUT2D eigenvalue weighted by molar-refractivity contribution is 4.99. The van der Waals surface area contributed by atoms with Gasteiger partial charge in [0.25, 0.3) is 0 Å². The molecule has 3 N–H and O–H groups in total. The zero-order valence-corrected chi connectivity index (χ0v) is 9.23. The summed E-state index contributed by atoms with van der Waals surface area (Å²) in [5.74, 6) is 0.779. The maximum absolute atomic E-state index is 10.5. The van der Waals surface area contributed by atoms with Crippen molar-refractivity contribution in [1.29, 1.82) is 0 Å². The number of aliphatic hydroxyl groups is 3. The summed E-state index contributed by atoms with van der Waals surface area (Å²) in [6, 6.07) is 0. The Morgan fingerprint density at radius 1 is 1.13 bits per heavy atom. The summed E-state index contributed by atoms with van der Waals surface area (Å²) in [6.07, 6.45) is 6.47. The molecule has 3 heteroatoms. The van der Waals surface area contributed by atoms with Gasteiger partial charge < -0.3 is 15.3 Å². The molecular weight excluding hydrogens is 192 g/mol.